The second-order valence-electron chi connectivity index (χ2n) is 3.34. The van der Waals surface area contributed by atoms with Gasteiger partial charge in [-0.1, -0.05) is 59.9 Å². The maximum Gasteiger partial charge on any atom is 0.524 e. The lowest BCUT2D eigenvalue weighted by atomic mass is 10.1. The average molecular weight is 453 g/mol. The van der Waals surface area contributed by atoms with Crippen LogP contribution in [0.25, 0.3) is 0 Å². The summed E-state index contributed by atoms with van der Waals surface area (Å²) in [6.45, 7) is 0. The number of phosphoric acid groups is 1. The van der Waals surface area contributed by atoms with Crippen LogP contribution in [-0.4, -0.2) is 11.9 Å². The molecule has 4 nitrogen and oxygen atoms in total. The zero-order chi connectivity index (χ0) is 13.1. The predicted molar refractivity (Wildman–Crippen MR) is 76.9 cm³/mol. The first-order chi connectivity index (χ1) is 7.66. The molecule has 0 amide bonds. The maximum atomic E-state index is 10.6. The first-order valence-corrected chi connectivity index (χ1v) is 8.47. The van der Waals surface area contributed by atoms with Gasteiger partial charge >= 0.3 is 7.82 Å². The number of hydrogen-bond acceptors (Lipinski definition) is 2. The molecular formula is C9H10Br3O4P. The number of benzene rings is 1. The van der Waals surface area contributed by atoms with Gasteiger partial charge in [-0.2, -0.15) is 0 Å². The van der Waals surface area contributed by atoms with E-state index >= 15 is 0 Å². The van der Waals surface area contributed by atoms with Gasteiger partial charge in [0.1, 0.15) is 7.89 Å². The minimum Gasteiger partial charge on any atom is -0.404 e. The largest absolute Gasteiger partial charge is 0.524 e. The molecule has 0 saturated heterocycles. The van der Waals surface area contributed by atoms with Crippen molar-refractivity contribution in [3.05, 3.63) is 29.8 Å². The summed E-state index contributed by atoms with van der Waals surface area (Å²) in [6.07, 6.45) is 1.61. The molecule has 0 aliphatic carbocycles. The molecule has 1 aromatic carbocycles. The minimum atomic E-state index is -4.47. The number of hydrogen-bond donors (Lipinski definition) is 2. The fourth-order valence-electron chi connectivity index (χ4n) is 1.14. The molecule has 1 aromatic rings. The van der Waals surface area contributed by atoms with Crippen molar-refractivity contribution in [2.24, 2.45) is 0 Å². The number of aryl methyl sites for hydroxylation is 1. The van der Waals surface area contributed by atoms with Crippen molar-refractivity contribution in [2.45, 2.75) is 15.0 Å². The molecule has 2 N–H and O–H groups in total. The second kappa shape index (κ2) is 6.17. The summed E-state index contributed by atoms with van der Waals surface area (Å²) in [7, 11) is -4.47. The second-order valence-corrected chi connectivity index (χ2v) is 11.8. The third kappa shape index (κ3) is 7.59. The lowest BCUT2D eigenvalue weighted by Crippen LogP contribution is -2.01. The summed E-state index contributed by atoms with van der Waals surface area (Å²) >= 11 is 10.2. The SMILES string of the molecule is O=P(O)(O)Oc1ccc(CCC(Br)(Br)Br)cc1. The van der Waals surface area contributed by atoms with Crippen LogP contribution < -0.4 is 4.52 Å². The van der Waals surface area contributed by atoms with Gasteiger partial charge in [-0.3, -0.25) is 9.79 Å². The van der Waals surface area contributed by atoms with Crippen LogP contribution >= 0.6 is 55.6 Å². The Morgan fingerprint density at radius 3 is 2.12 bits per heavy atom. The fraction of sp³-hybridized carbons (Fsp3) is 0.333. The first kappa shape index (κ1) is 15.7. The van der Waals surface area contributed by atoms with Gasteiger partial charge in [0.05, 0.1) is 0 Å². The Morgan fingerprint density at radius 2 is 1.71 bits per heavy atom. The van der Waals surface area contributed by atoms with E-state index in [0.717, 1.165) is 18.4 Å². The number of rotatable bonds is 4. The Kier molecular flexibility index (Phi) is 5.69. The molecule has 17 heavy (non-hydrogen) atoms. The third-order valence-electron chi connectivity index (χ3n) is 1.84. The molecule has 0 unspecified atom stereocenters. The highest BCUT2D eigenvalue weighted by molar-refractivity contribution is 9.39. The van der Waals surface area contributed by atoms with Crippen molar-refractivity contribution in [2.75, 3.05) is 0 Å². The highest BCUT2D eigenvalue weighted by Crippen LogP contribution is 2.39. The smallest absolute Gasteiger partial charge is 0.404 e. The Balaban J connectivity index is 2.59. The van der Waals surface area contributed by atoms with Crippen LogP contribution in [0.1, 0.15) is 12.0 Å². The number of alkyl halides is 3. The molecule has 0 radical (unpaired) electrons. The van der Waals surface area contributed by atoms with Crippen molar-refractivity contribution in [1.29, 1.82) is 0 Å². The van der Waals surface area contributed by atoms with E-state index in [2.05, 4.69) is 52.3 Å². The van der Waals surface area contributed by atoms with E-state index in [1.807, 2.05) is 0 Å². The van der Waals surface area contributed by atoms with Crippen LogP contribution in [0.3, 0.4) is 0 Å². The highest BCUT2D eigenvalue weighted by Gasteiger charge is 2.18. The standard InChI is InChI=1S/C9H10Br3O4P/c10-9(11,12)6-5-7-1-3-8(4-2-7)16-17(13,14)15/h1-4H,5-6H2,(H2,13,14,15). The summed E-state index contributed by atoms with van der Waals surface area (Å²) in [5.74, 6) is 0.157. The predicted octanol–water partition coefficient (Wildman–Crippen LogP) is 3.93. The van der Waals surface area contributed by atoms with Gasteiger partial charge in [0.15, 0.2) is 0 Å². The van der Waals surface area contributed by atoms with E-state index in [0.29, 0.717) is 0 Å². The molecule has 0 aromatic heterocycles. The van der Waals surface area contributed by atoms with E-state index in [1.165, 1.54) is 12.1 Å². The molecule has 0 aliphatic heterocycles. The van der Waals surface area contributed by atoms with Gasteiger partial charge in [0, 0.05) is 0 Å². The zero-order valence-electron chi connectivity index (χ0n) is 8.52. The normalized spacial score (nSPS) is 12.5. The van der Waals surface area contributed by atoms with E-state index in [1.54, 1.807) is 12.1 Å². The van der Waals surface area contributed by atoms with E-state index < -0.39 is 7.82 Å². The van der Waals surface area contributed by atoms with Gasteiger partial charge < -0.3 is 4.52 Å². The fourth-order valence-corrected chi connectivity index (χ4v) is 2.13. The van der Waals surface area contributed by atoms with Crippen LogP contribution in [-0.2, 0) is 11.0 Å². The van der Waals surface area contributed by atoms with Crippen molar-refractivity contribution in [3.63, 3.8) is 0 Å². The lowest BCUT2D eigenvalue weighted by molar-refractivity contribution is 0.283. The molecule has 0 bridgehead atoms. The molecule has 0 spiro atoms. The molecular weight excluding hydrogens is 443 g/mol. The summed E-state index contributed by atoms with van der Waals surface area (Å²) in [5, 5.41) is 0. The monoisotopic (exact) mass is 450 g/mol. The molecule has 96 valence electrons. The van der Waals surface area contributed by atoms with Crippen LogP contribution in [0.5, 0.6) is 5.75 Å². The Bertz CT molecular complexity index is 409. The summed E-state index contributed by atoms with van der Waals surface area (Å²) < 4.78 is 14.8. The Morgan fingerprint density at radius 1 is 1.18 bits per heavy atom. The quantitative estimate of drug-likeness (QED) is 0.536. The average Bonchev–Trinajstić information content (AvgIpc) is 2.13. The minimum absolute atomic E-state index is 0.157. The Labute approximate surface area is 124 Å². The molecule has 0 atom stereocenters. The van der Waals surface area contributed by atoms with Crippen molar-refractivity contribution >= 4 is 55.6 Å². The number of phosphoric ester groups is 1. The maximum absolute atomic E-state index is 10.6. The van der Waals surface area contributed by atoms with Gasteiger partial charge in [0.2, 0.25) is 0 Å². The molecule has 0 fully saturated rings. The van der Waals surface area contributed by atoms with Crippen molar-refractivity contribution < 1.29 is 18.9 Å². The molecule has 0 heterocycles. The van der Waals surface area contributed by atoms with Gasteiger partial charge in [0.25, 0.3) is 0 Å². The molecule has 0 aliphatic rings. The molecule has 0 saturated carbocycles. The van der Waals surface area contributed by atoms with E-state index in [9.17, 15) is 4.57 Å². The summed E-state index contributed by atoms with van der Waals surface area (Å²) in [6, 6.07) is 6.60. The number of halogens is 3. The van der Waals surface area contributed by atoms with Crippen LogP contribution in [0, 0.1) is 0 Å². The zero-order valence-corrected chi connectivity index (χ0v) is 14.2. The topological polar surface area (TPSA) is 66.8 Å². The Hall–Kier alpha value is 0.610. The lowest BCUT2D eigenvalue weighted by Gasteiger charge is -2.12. The third-order valence-corrected chi connectivity index (χ3v) is 3.48. The van der Waals surface area contributed by atoms with Gasteiger partial charge in [-0.25, -0.2) is 4.57 Å². The van der Waals surface area contributed by atoms with E-state index in [-0.39, 0.29) is 7.89 Å². The van der Waals surface area contributed by atoms with Crippen LogP contribution in [0.2, 0.25) is 0 Å². The van der Waals surface area contributed by atoms with Crippen molar-refractivity contribution in [1.82, 2.24) is 0 Å². The van der Waals surface area contributed by atoms with E-state index in [4.69, 9.17) is 9.79 Å². The van der Waals surface area contributed by atoms with Gasteiger partial charge in [-0.15, -0.1) is 0 Å². The molecule has 1 rings (SSSR count). The first-order valence-electron chi connectivity index (χ1n) is 4.56. The highest BCUT2D eigenvalue weighted by atomic mass is 80.0. The van der Waals surface area contributed by atoms with Gasteiger partial charge in [-0.05, 0) is 30.5 Å². The van der Waals surface area contributed by atoms with Crippen molar-refractivity contribution in [3.8, 4) is 5.75 Å². The summed E-state index contributed by atoms with van der Waals surface area (Å²) in [5.41, 5.74) is 1.05. The van der Waals surface area contributed by atoms with Crippen LogP contribution in [0.4, 0.5) is 0 Å². The molecule has 8 heteroatoms. The van der Waals surface area contributed by atoms with Crippen LogP contribution in [0.15, 0.2) is 24.3 Å². The summed E-state index contributed by atoms with van der Waals surface area (Å²) in [4.78, 5) is 17.2.